The summed E-state index contributed by atoms with van der Waals surface area (Å²) in [6, 6.07) is 15.7. The fourth-order valence-electron chi connectivity index (χ4n) is 3.40. The molecule has 0 bridgehead atoms. The summed E-state index contributed by atoms with van der Waals surface area (Å²) in [6.45, 7) is -0.0355. The molecule has 0 unspecified atom stereocenters. The van der Waals surface area contributed by atoms with Crippen LogP contribution >= 0.6 is 0 Å². The van der Waals surface area contributed by atoms with Crippen LogP contribution < -0.4 is 10.1 Å². The summed E-state index contributed by atoms with van der Waals surface area (Å²) in [5.74, 6) is -0.211. The van der Waals surface area contributed by atoms with E-state index in [0.717, 1.165) is 11.1 Å². The average Bonchev–Trinajstić information content (AvgIpc) is 2.80. The second-order valence-electron chi connectivity index (χ2n) is 7.61. The van der Waals surface area contributed by atoms with Crippen LogP contribution in [0.4, 0.5) is 13.2 Å². The molecule has 1 heterocycles. The van der Waals surface area contributed by atoms with Crippen molar-refractivity contribution in [2.24, 2.45) is 5.92 Å². The predicted molar refractivity (Wildman–Crippen MR) is 115 cm³/mol. The van der Waals surface area contributed by atoms with E-state index in [2.05, 4.69) is 10.1 Å². The van der Waals surface area contributed by atoms with Crippen LogP contribution in [-0.2, 0) is 16.1 Å². The molecular formula is C24H25F3N2O3. The van der Waals surface area contributed by atoms with E-state index in [-0.39, 0.29) is 30.0 Å². The van der Waals surface area contributed by atoms with Crippen molar-refractivity contribution in [2.75, 3.05) is 19.7 Å². The highest BCUT2D eigenvalue weighted by Crippen LogP contribution is 2.20. The minimum Gasteiger partial charge on any atom is -0.484 e. The summed E-state index contributed by atoms with van der Waals surface area (Å²) >= 11 is 0. The largest absolute Gasteiger partial charge is 0.484 e. The number of carbonyl (C=O) groups is 2. The van der Waals surface area contributed by atoms with Crippen molar-refractivity contribution in [2.45, 2.75) is 25.6 Å². The second kappa shape index (κ2) is 10.8. The molecule has 3 rings (SSSR count). The van der Waals surface area contributed by atoms with Gasteiger partial charge in [-0.2, -0.15) is 13.2 Å². The van der Waals surface area contributed by atoms with Gasteiger partial charge in [0.2, 0.25) is 11.8 Å². The highest BCUT2D eigenvalue weighted by Gasteiger charge is 2.28. The zero-order valence-electron chi connectivity index (χ0n) is 17.5. The number of hydrogen-bond acceptors (Lipinski definition) is 3. The lowest BCUT2D eigenvalue weighted by molar-refractivity contribution is -0.153. The molecule has 1 saturated heterocycles. The summed E-state index contributed by atoms with van der Waals surface area (Å²) in [5.41, 5.74) is 1.71. The minimum atomic E-state index is -4.38. The molecule has 1 aliphatic rings. The first-order chi connectivity index (χ1) is 15.3. The molecule has 0 atom stereocenters. The molecule has 1 aliphatic heterocycles. The summed E-state index contributed by atoms with van der Waals surface area (Å²) in [7, 11) is 0. The Balaban J connectivity index is 1.40. The van der Waals surface area contributed by atoms with Crippen molar-refractivity contribution < 1.29 is 27.5 Å². The maximum absolute atomic E-state index is 12.5. The summed E-state index contributed by atoms with van der Waals surface area (Å²) < 4.78 is 41.2. The van der Waals surface area contributed by atoms with Gasteiger partial charge < -0.3 is 15.0 Å². The molecule has 0 aliphatic carbocycles. The number of rotatable bonds is 7. The normalized spacial score (nSPS) is 15.0. The number of piperidine rings is 1. The molecule has 0 saturated carbocycles. The first-order valence-corrected chi connectivity index (χ1v) is 10.4. The molecule has 1 N–H and O–H groups in total. The van der Waals surface area contributed by atoms with Gasteiger partial charge in [0.05, 0.1) is 0 Å². The van der Waals surface area contributed by atoms with E-state index in [0.29, 0.717) is 25.9 Å². The fraction of sp³-hybridized carbons (Fsp3) is 0.333. The maximum atomic E-state index is 12.5. The van der Waals surface area contributed by atoms with Crippen LogP contribution in [0.1, 0.15) is 24.0 Å². The molecular weight excluding hydrogens is 421 g/mol. The lowest BCUT2D eigenvalue weighted by atomic mass is 9.95. The quantitative estimate of drug-likeness (QED) is 0.649. The molecule has 0 spiro atoms. The van der Waals surface area contributed by atoms with Crippen LogP contribution in [0.25, 0.3) is 6.08 Å². The van der Waals surface area contributed by atoms with Gasteiger partial charge in [-0.25, -0.2) is 0 Å². The number of nitrogens with one attached hydrogen (secondary N) is 1. The first-order valence-electron chi connectivity index (χ1n) is 10.4. The topological polar surface area (TPSA) is 58.6 Å². The highest BCUT2D eigenvalue weighted by atomic mass is 19.4. The third-order valence-corrected chi connectivity index (χ3v) is 5.19. The Morgan fingerprint density at radius 3 is 2.31 bits per heavy atom. The van der Waals surface area contributed by atoms with Crippen molar-refractivity contribution in [3.63, 3.8) is 0 Å². The average molecular weight is 446 g/mol. The number of nitrogens with zero attached hydrogens (tertiary/aromatic N) is 1. The van der Waals surface area contributed by atoms with Gasteiger partial charge >= 0.3 is 6.18 Å². The Morgan fingerprint density at radius 2 is 1.69 bits per heavy atom. The van der Waals surface area contributed by atoms with Crippen LogP contribution in [0.2, 0.25) is 0 Å². The number of carbonyl (C=O) groups excluding carboxylic acids is 2. The van der Waals surface area contributed by atoms with E-state index in [9.17, 15) is 22.8 Å². The van der Waals surface area contributed by atoms with E-state index < -0.39 is 12.8 Å². The van der Waals surface area contributed by atoms with Gasteiger partial charge in [0.1, 0.15) is 5.75 Å². The number of alkyl halides is 3. The summed E-state index contributed by atoms with van der Waals surface area (Å²) in [5, 5.41) is 2.86. The molecule has 2 aromatic carbocycles. The zero-order chi connectivity index (χ0) is 23.0. The van der Waals surface area contributed by atoms with E-state index >= 15 is 0 Å². The number of ether oxygens (including phenoxy) is 1. The van der Waals surface area contributed by atoms with Crippen LogP contribution in [0.5, 0.6) is 5.75 Å². The van der Waals surface area contributed by atoms with Crippen molar-refractivity contribution in [3.8, 4) is 5.75 Å². The molecule has 1 fully saturated rings. The monoisotopic (exact) mass is 446 g/mol. The van der Waals surface area contributed by atoms with Crippen molar-refractivity contribution in [1.82, 2.24) is 10.2 Å². The third-order valence-electron chi connectivity index (χ3n) is 5.19. The number of halogens is 3. The third kappa shape index (κ3) is 7.44. The molecule has 0 aromatic heterocycles. The second-order valence-corrected chi connectivity index (χ2v) is 7.61. The SMILES string of the molecule is O=C(NCc1ccc(OCC(F)(F)F)cc1)C1CCN(C(=O)/C=C/c2ccccc2)CC1. The van der Waals surface area contributed by atoms with Crippen molar-refractivity contribution in [3.05, 3.63) is 71.8 Å². The van der Waals surface area contributed by atoms with Crippen LogP contribution in [0.15, 0.2) is 60.7 Å². The van der Waals surface area contributed by atoms with Crippen LogP contribution in [0.3, 0.4) is 0 Å². The van der Waals surface area contributed by atoms with Crippen molar-refractivity contribution in [1.29, 1.82) is 0 Å². The standard InChI is InChI=1S/C24H25F3N2O3/c25-24(26,27)17-32-21-9-6-19(7-10-21)16-28-23(31)20-12-14-29(15-13-20)22(30)11-8-18-4-2-1-3-5-18/h1-11,20H,12-17H2,(H,28,31)/b11-8+. The van der Waals surface area contributed by atoms with E-state index in [4.69, 9.17) is 0 Å². The lowest BCUT2D eigenvalue weighted by Crippen LogP contribution is -2.42. The Morgan fingerprint density at radius 1 is 1.03 bits per heavy atom. The van der Waals surface area contributed by atoms with Gasteiger partial charge in [-0.15, -0.1) is 0 Å². The van der Waals surface area contributed by atoms with Crippen molar-refractivity contribution >= 4 is 17.9 Å². The lowest BCUT2D eigenvalue weighted by Gasteiger charge is -2.30. The van der Waals surface area contributed by atoms with Gasteiger partial charge in [-0.1, -0.05) is 42.5 Å². The predicted octanol–water partition coefficient (Wildman–Crippen LogP) is 4.20. The molecule has 5 nitrogen and oxygen atoms in total. The van der Waals surface area contributed by atoms with Gasteiger partial charge in [0.25, 0.3) is 0 Å². The fourth-order valence-corrected chi connectivity index (χ4v) is 3.40. The Hall–Kier alpha value is -3.29. The van der Waals surface area contributed by atoms with Gasteiger partial charge in [-0.3, -0.25) is 9.59 Å². The summed E-state index contributed by atoms with van der Waals surface area (Å²) in [4.78, 5) is 26.6. The molecule has 0 radical (unpaired) electrons. The molecule has 32 heavy (non-hydrogen) atoms. The number of benzene rings is 2. The molecule has 2 amide bonds. The van der Waals surface area contributed by atoms with Gasteiger partial charge in [0, 0.05) is 31.6 Å². The maximum Gasteiger partial charge on any atom is 0.422 e. The number of likely N-dealkylation sites (tertiary alicyclic amines) is 1. The molecule has 170 valence electrons. The smallest absolute Gasteiger partial charge is 0.422 e. The highest BCUT2D eigenvalue weighted by molar-refractivity contribution is 5.92. The van der Waals surface area contributed by atoms with Gasteiger partial charge in [-0.05, 0) is 42.2 Å². The van der Waals surface area contributed by atoms with E-state index in [1.54, 1.807) is 29.2 Å². The summed E-state index contributed by atoms with van der Waals surface area (Å²) in [6.07, 6.45) is 0.116. The minimum absolute atomic E-state index is 0.0689. The van der Waals surface area contributed by atoms with E-state index in [1.165, 1.54) is 12.1 Å². The van der Waals surface area contributed by atoms with Crippen LogP contribution in [0, 0.1) is 5.92 Å². The van der Waals surface area contributed by atoms with E-state index in [1.807, 2.05) is 30.3 Å². The Kier molecular flexibility index (Phi) is 7.92. The zero-order valence-corrected chi connectivity index (χ0v) is 17.5. The first kappa shape index (κ1) is 23.4. The number of amides is 2. The molecule has 8 heteroatoms. The molecule has 2 aromatic rings. The Bertz CT molecular complexity index is 920. The van der Waals surface area contributed by atoms with Crippen LogP contribution in [-0.4, -0.2) is 42.6 Å². The van der Waals surface area contributed by atoms with Gasteiger partial charge in [0.15, 0.2) is 6.61 Å². The Labute approximate surface area is 184 Å². The number of hydrogen-bond donors (Lipinski definition) is 1.